The SMILES string of the molecule is C=C[CH]C(C)[N-]C(=O)OC(C)(C)C.[K+].[K+]. The number of carbonyl (C=O) groups excluding carboxylic acids is 1. The Morgan fingerprint density at radius 1 is 1.40 bits per heavy atom. The molecule has 0 fully saturated rings. The van der Waals surface area contributed by atoms with Crippen LogP contribution in [0.15, 0.2) is 12.7 Å². The van der Waals surface area contributed by atoms with Crippen LogP contribution < -0.4 is 103 Å². The Balaban J connectivity index is -0.000000720. The van der Waals surface area contributed by atoms with E-state index in [2.05, 4.69) is 11.9 Å². The number of hydrogen-bond acceptors (Lipinski definition) is 2. The Kier molecular flexibility index (Phi) is 17.0. The van der Waals surface area contributed by atoms with Gasteiger partial charge in [-0.1, -0.05) is 13.0 Å². The molecule has 0 rings (SSSR count). The molecule has 0 aromatic rings. The van der Waals surface area contributed by atoms with Gasteiger partial charge in [-0.2, -0.15) is 0 Å². The molecule has 1 amide bonds. The fourth-order valence-electron chi connectivity index (χ4n) is 0.695. The first-order valence-electron chi connectivity index (χ1n) is 4.25. The largest absolute Gasteiger partial charge is 1.00 e. The van der Waals surface area contributed by atoms with E-state index in [1.54, 1.807) is 19.4 Å². The second-order valence-electron chi connectivity index (χ2n) is 3.78. The van der Waals surface area contributed by atoms with Crippen molar-refractivity contribution in [3.63, 3.8) is 0 Å². The third-order valence-corrected chi connectivity index (χ3v) is 1.12. The van der Waals surface area contributed by atoms with Crippen molar-refractivity contribution in [1.82, 2.24) is 0 Å². The van der Waals surface area contributed by atoms with Gasteiger partial charge in [0.05, 0.1) is 0 Å². The molecule has 5 heteroatoms. The van der Waals surface area contributed by atoms with Crippen LogP contribution in [0, 0.1) is 6.42 Å². The van der Waals surface area contributed by atoms with E-state index >= 15 is 0 Å². The zero-order valence-electron chi connectivity index (χ0n) is 10.7. The van der Waals surface area contributed by atoms with Crippen LogP contribution in [0.1, 0.15) is 27.7 Å². The zero-order chi connectivity index (χ0) is 10.5. The smallest absolute Gasteiger partial charge is 0.614 e. The molecular formula is C10H17K2NO2+. The van der Waals surface area contributed by atoms with Crippen molar-refractivity contribution in [3.05, 3.63) is 24.4 Å². The number of amides is 1. The van der Waals surface area contributed by atoms with E-state index < -0.39 is 11.7 Å². The van der Waals surface area contributed by atoms with Crippen LogP contribution in [0.2, 0.25) is 0 Å². The second-order valence-corrected chi connectivity index (χ2v) is 3.78. The van der Waals surface area contributed by atoms with Gasteiger partial charge in [-0.05, 0) is 27.2 Å². The van der Waals surface area contributed by atoms with Crippen LogP contribution in [-0.2, 0) is 4.74 Å². The molecule has 0 aliphatic carbocycles. The first-order valence-corrected chi connectivity index (χ1v) is 4.25. The normalized spacial score (nSPS) is 11.5. The van der Waals surface area contributed by atoms with E-state index in [9.17, 15) is 4.79 Å². The van der Waals surface area contributed by atoms with Crippen LogP contribution in [0.5, 0.6) is 0 Å². The molecule has 0 saturated heterocycles. The van der Waals surface area contributed by atoms with Crippen LogP contribution in [-0.4, -0.2) is 17.7 Å². The van der Waals surface area contributed by atoms with E-state index in [1.807, 2.05) is 20.8 Å². The third kappa shape index (κ3) is 16.3. The molecule has 0 aliphatic heterocycles. The maximum Gasteiger partial charge on any atom is 1.00 e. The summed E-state index contributed by atoms with van der Waals surface area (Å²) in [5, 5.41) is 3.76. The van der Waals surface area contributed by atoms with Crippen molar-refractivity contribution in [2.75, 3.05) is 0 Å². The molecule has 0 saturated carbocycles. The third-order valence-electron chi connectivity index (χ3n) is 1.12. The molecule has 3 nitrogen and oxygen atoms in total. The van der Waals surface area contributed by atoms with Gasteiger partial charge >= 0.3 is 103 Å². The summed E-state index contributed by atoms with van der Waals surface area (Å²) in [6, 6.07) is -0.174. The zero-order valence-corrected chi connectivity index (χ0v) is 16.9. The summed E-state index contributed by atoms with van der Waals surface area (Å²) in [6.45, 7) is 10.7. The standard InChI is InChI=1S/C10H18NO2.2K/c1-6-7-8(2)11-9(12)13-10(3,4)5;;/h6-8H,1H2,2-5H3,(H,11,12);;/q;2*+1/p-1. The van der Waals surface area contributed by atoms with Crippen LogP contribution in [0.3, 0.4) is 0 Å². The predicted octanol–water partition coefficient (Wildman–Crippen LogP) is -2.92. The second kappa shape index (κ2) is 11.4. The Morgan fingerprint density at radius 2 is 1.87 bits per heavy atom. The predicted molar refractivity (Wildman–Crippen MR) is 53.6 cm³/mol. The minimum atomic E-state index is -0.530. The number of ether oxygens (including phenoxy) is 1. The summed E-state index contributed by atoms with van der Waals surface area (Å²) in [4.78, 5) is 11.1. The molecule has 1 radical (unpaired) electrons. The molecule has 0 aromatic carbocycles. The van der Waals surface area contributed by atoms with E-state index in [-0.39, 0.29) is 109 Å². The van der Waals surface area contributed by atoms with Gasteiger partial charge in [0.15, 0.2) is 0 Å². The Hall–Kier alpha value is 2.28. The van der Waals surface area contributed by atoms with Gasteiger partial charge in [0, 0.05) is 0 Å². The van der Waals surface area contributed by atoms with Crippen molar-refractivity contribution in [3.8, 4) is 0 Å². The fourth-order valence-corrected chi connectivity index (χ4v) is 0.695. The van der Waals surface area contributed by atoms with Gasteiger partial charge < -0.3 is 10.1 Å². The summed E-state index contributed by atoms with van der Waals surface area (Å²) < 4.78 is 4.99. The van der Waals surface area contributed by atoms with Crippen molar-refractivity contribution >= 4 is 6.09 Å². The average molecular weight is 261 g/mol. The van der Waals surface area contributed by atoms with Crippen molar-refractivity contribution in [1.29, 1.82) is 0 Å². The number of hydrogen-bond donors (Lipinski definition) is 0. The minimum Gasteiger partial charge on any atom is -0.614 e. The Morgan fingerprint density at radius 3 is 2.20 bits per heavy atom. The maximum atomic E-state index is 11.1. The Bertz CT molecular complexity index is 190. The number of carbonyl (C=O) groups is 1. The van der Waals surface area contributed by atoms with Gasteiger partial charge in [-0.15, -0.1) is 12.6 Å². The van der Waals surface area contributed by atoms with Gasteiger partial charge in [0.25, 0.3) is 0 Å². The molecule has 1 atom stereocenters. The average Bonchev–Trinajstić information content (AvgIpc) is 1.81. The maximum absolute atomic E-state index is 11.1. The van der Waals surface area contributed by atoms with Crippen molar-refractivity contribution < 1.29 is 112 Å². The number of nitrogens with zero attached hydrogens (tertiary/aromatic N) is 1. The molecule has 15 heavy (non-hydrogen) atoms. The molecule has 0 N–H and O–H groups in total. The van der Waals surface area contributed by atoms with Crippen LogP contribution >= 0.6 is 0 Å². The van der Waals surface area contributed by atoms with Gasteiger partial charge in [0.1, 0.15) is 5.60 Å². The Labute approximate surface area is 178 Å². The summed E-state index contributed by atoms with van der Waals surface area (Å²) >= 11 is 0. The molecule has 0 aromatic heterocycles. The van der Waals surface area contributed by atoms with Gasteiger partial charge in [0.2, 0.25) is 6.09 Å². The summed E-state index contributed by atoms with van der Waals surface area (Å²) in [5.74, 6) is 0. The molecule has 75 valence electrons. The molecule has 0 heterocycles. The molecule has 1 unspecified atom stereocenters. The van der Waals surface area contributed by atoms with Crippen LogP contribution in [0.4, 0.5) is 4.79 Å². The summed E-state index contributed by atoms with van der Waals surface area (Å²) in [7, 11) is 0. The summed E-state index contributed by atoms with van der Waals surface area (Å²) in [5.41, 5.74) is -0.478. The molecule has 0 bridgehead atoms. The quantitative estimate of drug-likeness (QED) is 0.511. The monoisotopic (exact) mass is 261 g/mol. The molecule has 0 aliphatic rings. The van der Waals surface area contributed by atoms with Gasteiger partial charge in [-0.25, -0.2) is 0 Å². The molecule has 0 spiro atoms. The molecular weight excluding hydrogens is 244 g/mol. The fraction of sp³-hybridized carbons (Fsp3) is 0.600. The topological polar surface area (TPSA) is 40.4 Å². The van der Waals surface area contributed by atoms with E-state index in [0.29, 0.717) is 0 Å². The number of rotatable bonds is 3. The van der Waals surface area contributed by atoms with E-state index in [1.165, 1.54) is 0 Å². The summed E-state index contributed by atoms with van der Waals surface area (Å²) in [6.07, 6.45) is 2.81. The van der Waals surface area contributed by atoms with Crippen molar-refractivity contribution in [2.24, 2.45) is 0 Å². The first-order chi connectivity index (χ1) is 5.85. The van der Waals surface area contributed by atoms with E-state index in [4.69, 9.17) is 4.74 Å². The van der Waals surface area contributed by atoms with E-state index in [0.717, 1.165) is 0 Å². The van der Waals surface area contributed by atoms with Gasteiger partial charge in [-0.3, -0.25) is 4.79 Å². The van der Waals surface area contributed by atoms with Crippen LogP contribution in [0.25, 0.3) is 5.32 Å². The minimum absolute atomic E-state index is 0. The first kappa shape index (κ1) is 22.5. The van der Waals surface area contributed by atoms with Crippen molar-refractivity contribution in [2.45, 2.75) is 39.3 Å².